The van der Waals surface area contributed by atoms with Crippen molar-refractivity contribution in [2.75, 3.05) is 0 Å². The van der Waals surface area contributed by atoms with Crippen molar-refractivity contribution in [3.8, 4) is 10.8 Å². The van der Waals surface area contributed by atoms with Crippen molar-refractivity contribution < 1.29 is 4.42 Å². The second-order valence-corrected chi connectivity index (χ2v) is 3.16. The summed E-state index contributed by atoms with van der Waals surface area (Å²) in [6.45, 7) is 2.01. The molecule has 11 heavy (non-hydrogen) atoms. The van der Waals surface area contributed by atoms with Crippen LogP contribution in [0.15, 0.2) is 28.3 Å². The number of aryl methyl sites for hydroxylation is 1. The van der Waals surface area contributed by atoms with Crippen molar-refractivity contribution in [3.05, 3.63) is 29.5 Å². The SMILES string of the molecule is Cc1ccoc1-c1nccs1. The first-order chi connectivity index (χ1) is 5.38. The smallest absolute Gasteiger partial charge is 0.165 e. The van der Waals surface area contributed by atoms with Crippen LogP contribution >= 0.6 is 11.3 Å². The van der Waals surface area contributed by atoms with E-state index in [-0.39, 0.29) is 0 Å². The highest BCUT2D eigenvalue weighted by atomic mass is 32.1. The topological polar surface area (TPSA) is 26.0 Å². The van der Waals surface area contributed by atoms with E-state index in [0.717, 1.165) is 16.3 Å². The Morgan fingerprint density at radius 1 is 1.55 bits per heavy atom. The first-order valence-electron chi connectivity index (χ1n) is 3.32. The molecule has 0 aliphatic rings. The predicted molar refractivity (Wildman–Crippen MR) is 44.6 cm³/mol. The van der Waals surface area contributed by atoms with Crippen LogP contribution in [0.2, 0.25) is 0 Å². The first-order valence-corrected chi connectivity index (χ1v) is 4.20. The highest BCUT2D eigenvalue weighted by molar-refractivity contribution is 7.13. The quantitative estimate of drug-likeness (QED) is 0.649. The maximum atomic E-state index is 5.26. The van der Waals surface area contributed by atoms with E-state index in [2.05, 4.69) is 4.98 Å². The third-order valence-electron chi connectivity index (χ3n) is 1.49. The minimum absolute atomic E-state index is 0.889. The number of furan rings is 1. The summed E-state index contributed by atoms with van der Waals surface area (Å²) in [7, 11) is 0. The summed E-state index contributed by atoms with van der Waals surface area (Å²) in [5.74, 6) is 0.889. The van der Waals surface area contributed by atoms with E-state index in [0.29, 0.717) is 0 Å². The fourth-order valence-corrected chi connectivity index (χ4v) is 1.62. The minimum atomic E-state index is 0.889. The molecule has 0 aromatic carbocycles. The molecule has 0 N–H and O–H groups in total. The van der Waals surface area contributed by atoms with Crippen molar-refractivity contribution in [1.29, 1.82) is 0 Å². The summed E-state index contributed by atoms with van der Waals surface area (Å²) >= 11 is 1.59. The Bertz CT molecular complexity index is 337. The second-order valence-electron chi connectivity index (χ2n) is 2.27. The monoisotopic (exact) mass is 165 g/mol. The Hall–Kier alpha value is -1.09. The maximum Gasteiger partial charge on any atom is 0.165 e. The lowest BCUT2D eigenvalue weighted by molar-refractivity contribution is 0.580. The number of rotatable bonds is 1. The minimum Gasteiger partial charge on any atom is -0.462 e. The van der Waals surface area contributed by atoms with Gasteiger partial charge in [-0.05, 0) is 18.6 Å². The molecule has 3 heteroatoms. The molecular weight excluding hydrogens is 158 g/mol. The fraction of sp³-hybridized carbons (Fsp3) is 0.125. The number of thiazole rings is 1. The lowest BCUT2D eigenvalue weighted by Crippen LogP contribution is -1.72. The van der Waals surface area contributed by atoms with E-state index in [1.807, 2.05) is 18.4 Å². The van der Waals surface area contributed by atoms with Gasteiger partial charge < -0.3 is 4.42 Å². The molecular formula is C8H7NOS. The van der Waals surface area contributed by atoms with Gasteiger partial charge in [-0.15, -0.1) is 11.3 Å². The molecule has 0 aliphatic heterocycles. The van der Waals surface area contributed by atoms with Crippen LogP contribution < -0.4 is 0 Å². The van der Waals surface area contributed by atoms with Crippen LogP contribution in [0.3, 0.4) is 0 Å². The van der Waals surface area contributed by atoms with Crippen LogP contribution in [0.5, 0.6) is 0 Å². The molecule has 0 saturated carbocycles. The predicted octanol–water partition coefficient (Wildman–Crippen LogP) is 2.71. The van der Waals surface area contributed by atoms with E-state index in [9.17, 15) is 0 Å². The zero-order valence-corrected chi connectivity index (χ0v) is 6.89. The van der Waals surface area contributed by atoms with E-state index in [1.165, 1.54) is 0 Å². The molecule has 56 valence electrons. The summed E-state index contributed by atoms with van der Waals surface area (Å²) in [5.41, 5.74) is 1.14. The first kappa shape index (κ1) is 6.61. The van der Waals surface area contributed by atoms with Gasteiger partial charge in [0.1, 0.15) is 0 Å². The standard InChI is InChI=1S/C8H7NOS/c1-6-2-4-10-7(6)8-9-3-5-11-8/h2-5H,1H3. The molecule has 0 bridgehead atoms. The van der Waals surface area contributed by atoms with Crippen molar-refractivity contribution in [2.45, 2.75) is 6.92 Å². The lowest BCUT2D eigenvalue weighted by Gasteiger charge is -1.89. The van der Waals surface area contributed by atoms with Crippen LogP contribution in [0.4, 0.5) is 0 Å². The van der Waals surface area contributed by atoms with Gasteiger partial charge in [0.05, 0.1) is 6.26 Å². The largest absolute Gasteiger partial charge is 0.462 e. The van der Waals surface area contributed by atoms with Gasteiger partial charge in [-0.2, -0.15) is 0 Å². The average Bonchev–Trinajstić information content (AvgIpc) is 2.55. The van der Waals surface area contributed by atoms with Crippen LogP contribution in [0.25, 0.3) is 10.8 Å². The van der Waals surface area contributed by atoms with E-state index >= 15 is 0 Å². The summed E-state index contributed by atoms with van der Waals surface area (Å²) in [6, 6.07) is 1.94. The molecule has 2 aromatic rings. The summed E-state index contributed by atoms with van der Waals surface area (Å²) in [4.78, 5) is 4.14. The third kappa shape index (κ3) is 1.07. The summed E-state index contributed by atoms with van der Waals surface area (Å²) in [6.07, 6.45) is 3.47. The average molecular weight is 165 g/mol. The lowest BCUT2D eigenvalue weighted by atomic mass is 10.3. The van der Waals surface area contributed by atoms with Gasteiger partial charge in [-0.25, -0.2) is 4.98 Å². The molecule has 0 radical (unpaired) electrons. The normalized spacial score (nSPS) is 10.3. The number of hydrogen-bond acceptors (Lipinski definition) is 3. The summed E-state index contributed by atoms with van der Waals surface area (Å²) in [5, 5.41) is 2.89. The maximum absolute atomic E-state index is 5.26. The van der Waals surface area contributed by atoms with Crippen molar-refractivity contribution in [3.63, 3.8) is 0 Å². The van der Waals surface area contributed by atoms with Gasteiger partial charge in [0, 0.05) is 11.6 Å². The van der Waals surface area contributed by atoms with Crippen LogP contribution in [-0.2, 0) is 0 Å². The molecule has 0 aliphatic carbocycles. The Morgan fingerprint density at radius 2 is 2.45 bits per heavy atom. The Balaban J connectivity index is 2.53. The number of hydrogen-bond donors (Lipinski definition) is 0. The molecule has 0 saturated heterocycles. The van der Waals surface area contributed by atoms with Crippen molar-refractivity contribution in [1.82, 2.24) is 4.98 Å². The highest BCUT2D eigenvalue weighted by Crippen LogP contribution is 2.25. The Morgan fingerprint density at radius 3 is 3.00 bits per heavy atom. The Kier molecular flexibility index (Phi) is 1.51. The highest BCUT2D eigenvalue weighted by Gasteiger charge is 2.06. The van der Waals surface area contributed by atoms with Gasteiger partial charge in [-0.3, -0.25) is 0 Å². The van der Waals surface area contributed by atoms with Crippen molar-refractivity contribution >= 4 is 11.3 Å². The number of aromatic nitrogens is 1. The summed E-state index contributed by atoms with van der Waals surface area (Å²) < 4.78 is 5.26. The van der Waals surface area contributed by atoms with E-state index in [1.54, 1.807) is 23.8 Å². The van der Waals surface area contributed by atoms with Crippen LogP contribution in [-0.4, -0.2) is 4.98 Å². The van der Waals surface area contributed by atoms with Gasteiger partial charge in [-0.1, -0.05) is 0 Å². The van der Waals surface area contributed by atoms with E-state index < -0.39 is 0 Å². The molecule has 0 spiro atoms. The van der Waals surface area contributed by atoms with Gasteiger partial charge in [0.15, 0.2) is 10.8 Å². The zero-order chi connectivity index (χ0) is 7.68. The molecule has 2 rings (SSSR count). The van der Waals surface area contributed by atoms with Crippen molar-refractivity contribution in [2.24, 2.45) is 0 Å². The van der Waals surface area contributed by atoms with Gasteiger partial charge in [0.25, 0.3) is 0 Å². The van der Waals surface area contributed by atoms with Gasteiger partial charge >= 0.3 is 0 Å². The molecule has 0 unspecified atom stereocenters. The molecule has 0 amide bonds. The van der Waals surface area contributed by atoms with Crippen LogP contribution in [0, 0.1) is 6.92 Å². The Labute approximate surface area is 68.5 Å². The van der Waals surface area contributed by atoms with Gasteiger partial charge in [0.2, 0.25) is 0 Å². The molecule has 2 heterocycles. The molecule has 0 fully saturated rings. The van der Waals surface area contributed by atoms with Crippen LogP contribution in [0.1, 0.15) is 5.56 Å². The molecule has 2 aromatic heterocycles. The fourth-order valence-electron chi connectivity index (χ4n) is 0.927. The third-order valence-corrected chi connectivity index (χ3v) is 2.26. The zero-order valence-electron chi connectivity index (χ0n) is 6.07. The number of nitrogens with zero attached hydrogens (tertiary/aromatic N) is 1. The second kappa shape index (κ2) is 2.51. The van der Waals surface area contributed by atoms with E-state index in [4.69, 9.17) is 4.42 Å². The molecule has 0 atom stereocenters. The molecule has 2 nitrogen and oxygen atoms in total.